The van der Waals surface area contributed by atoms with Crippen LogP contribution in [0, 0.1) is 5.92 Å². The fourth-order valence-electron chi connectivity index (χ4n) is 3.26. The minimum Gasteiger partial charge on any atom is -0.320 e. The quantitative estimate of drug-likeness (QED) is 0.745. The zero-order valence-electron chi connectivity index (χ0n) is 13.0. The van der Waals surface area contributed by atoms with Crippen LogP contribution in [-0.4, -0.2) is 10.9 Å². The fourth-order valence-corrected chi connectivity index (χ4v) is 4.51. The first kappa shape index (κ1) is 14.4. The molecule has 1 amide bonds. The summed E-state index contributed by atoms with van der Waals surface area (Å²) in [4.78, 5) is 18.5. The zero-order chi connectivity index (χ0) is 15.8. The smallest absolute Gasteiger partial charge is 0.256 e. The first-order valence-electron chi connectivity index (χ1n) is 7.96. The Bertz CT molecular complexity index is 879. The molecule has 1 aliphatic rings. The second-order valence-corrected chi connectivity index (χ2v) is 7.20. The highest BCUT2D eigenvalue weighted by molar-refractivity contribution is 7.10. The number of nitrogens with zero attached hydrogens (tertiary/aromatic N) is 1. The average molecular weight is 322 g/mol. The van der Waals surface area contributed by atoms with Gasteiger partial charge in [0.2, 0.25) is 0 Å². The van der Waals surface area contributed by atoms with Crippen LogP contribution in [0.2, 0.25) is 0 Å². The predicted octanol–water partition coefficient (Wildman–Crippen LogP) is 4.67. The Kier molecular flexibility index (Phi) is 3.62. The normalized spacial score (nSPS) is 17.0. The molecule has 4 rings (SSSR count). The molecule has 1 aromatic carbocycles. The summed E-state index contributed by atoms with van der Waals surface area (Å²) in [5, 5.41) is 6.10. The number of nitrogens with one attached hydrogen (secondary N) is 1. The molecule has 0 saturated carbocycles. The highest BCUT2D eigenvalue weighted by Crippen LogP contribution is 2.33. The molecule has 0 bridgehead atoms. The molecule has 23 heavy (non-hydrogen) atoms. The summed E-state index contributed by atoms with van der Waals surface area (Å²) in [6.45, 7) is 2.28. The summed E-state index contributed by atoms with van der Waals surface area (Å²) in [6.07, 6.45) is 5.03. The van der Waals surface area contributed by atoms with Crippen molar-refractivity contribution in [2.24, 2.45) is 5.92 Å². The Balaban J connectivity index is 1.66. The van der Waals surface area contributed by atoms with Gasteiger partial charge in [-0.2, -0.15) is 0 Å². The Morgan fingerprint density at radius 3 is 3.09 bits per heavy atom. The molecule has 0 radical (unpaired) electrons. The lowest BCUT2D eigenvalue weighted by molar-refractivity contribution is 0.102. The van der Waals surface area contributed by atoms with Gasteiger partial charge in [-0.15, -0.1) is 11.3 Å². The Hall–Kier alpha value is -2.20. The van der Waals surface area contributed by atoms with E-state index in [1.165, 1.54) is 16.9 Å². The number of carbonyl (C=O) groups excluding carboxylic acids is 1. The number of carbonyl (C=O) groups is 1. The van der Waals surface area contributed by atoms with Crippen LogP contribution in [0.25, 0.3) is 10.9 Å². The van der Waals surface area contributed by atoms with Crippen molar-refractivity contribution in [3.05, 3.63) is 57.9 Å². The topological polar surface area (TPSA) is 42.0 Å². The number of pyridine rings is 1. The van der Waals surface area contributed by atoms with E-state index in [0.29, 0.717) is 0 Å². The maximum atomic E-state index is 12.7. The third kappa shape index (κ3) is 2.63. The molecular weight excluding hydrogens is 304 g/mol. The summed E-state index contributed by atoms with van der Waals surface area (Å²) in [6, 6.07) is 9.78. The van der Waals surface area contributed by atoms with E-state index in [4.69, 9.17) is 0 Å². The molecular formula is C19H18N2OS. The number of aromatic nitrogens is 1. The summed E-state index contributed by atoms with van der Waals surface area (Å²) in [7, 11) is 0. The molecule has 3 nitrogen and oxygen atoms in total. The SMILES string of the molecule is CC1CCc2c(C(=O)Nc3cccc4cccnc34)csc2C1. The number of thiophene rings is 1. The summed E-state index contributed by atoms with van der Waals surface area (Å²) in [5.41, 5.74) is 3.70. The van der Waals surface area contributed by atoms with Gasteiger partial charge in [-0.25, -0.2) is 0 Å². The van der Waals surface area contributed by atoms with E-state index in [1.54, 1.807) is 17.5 Å². The number of rotatable bonds is 2. The van der Waals surface area contributed by atoms with Crippen LogP contribution in [0.3, 0.4) is 0 Å². The highest BCUT2D eigenvalue weighted by Gasteiger charge is 2.23. The summed E-state index contributed by atoms with van der Waals surface area (Å²) < 4.78 is 0. The van der Waals surface area contributed by atoms with Gasteiger partial charge in [-0.1, -0.05) is 25.1 Å². The van der Waals surface area contributed by atoms with Crippen molar-refractivity contribution in [1.29, 1.82) is 0 Å². The van der Waals surface area contributed by atoms with Gasteiger partial charge in [0, 0.05) is 21.8 Å². The van der Waals surface area contributed by atoms with Gasteiger partial charge >= 0.3 is 0 Å². The Labute approximate surface area is 139 Å². The average Bonchev–Trinajstić information content (AvgIpc) is 2.98. The number of fused-ring (bicyclic) bond motifs is 2. The van der Waals surface area contributed by atoms with Gasteiger partial charge < -0.3 is 5.32 Å². The van der Waals surface area contributed by atoms with Gasteiger partial charge in [-0.3, -0.25) is 9.78 Å². The van der Waals surface area contributed by atoms with Crippen molar-refractivity contribution in [1.82, 2.24) is 4.98 Å². The van der Waals surface area contributed by atoms with E-state index >= 15 is 0 Å². The summed E-state index contributed by atoms with van der Waals surface area (Å²) in [5.74, 6) is 0.703. The van der Waals surface area contributed by atoms with Crippen LogP contribution >= 0.6 is 11.3 Å². The van der Waals surface area contributed by atoms with Crippen LogP contribution in [0.15, 0.2) is 41.9 Å². The van der Waals surface area contributed by atoms with E-state index in [1.807, 2.05) is 35.7 Å². The molecule has 1 unspecified atom stereocenters. The second-order valence-electron chi connectivity index (χ2n) is 6.23. The molecule has 3 aromatic rings. The van der Waals surface area contributed by atoms with Gasteiger partial charge in [0.15, 0.2) is 0 Å². The highest BCUT2D eigenvalue weighted by atomic mass is 32.1. The third-order valence-electron chi connectivity index (χ3n) is 4.53. The van der Waals surface area contributed by atoms with Gasteiger partial charge in [0.1, 0.15) is 0 Å². The van der Waals surface area contributed by atoms with E-state index < -0.39 is 0 Å². The fraction of sp³-hybridized carbons (Fsp3) is 0.263. The molecule has 0 saturated heterocycles. The minimum atomic E-state index is -0.0183. The van der Waals surface area contributed by atoms with Crippen LogP contribution < -0.4 is 5.32 Å². The molecule has 4 heteroatoms. The van der Waals surface area contributed by atoms with Crippen LogP contribution in [-0.2, 0) is 12.8 Å². The van der Waals surface area contributed by atoms with E-state index in [-0.39, 0.29) is 5.91 Å². The number of para-hydroxylation sites is 1. The summed E-state index contributed by atoms with van der Waals surface area (Å²) >= 11 is 1.72. The Morgan fingerprint density at radius 1 is 1.30 bits per heavy atom. The van der Waals surface area contributed by atoms with Crippen molar-refractivity contribution in [2.75, 3.05) is 5.32 Å². The molecule has 0 spiro atoms. The van der Waals surface area contributed by atoms with E-state index in [0.717, 1.165) is 40.9 Å². The van der Waals surface area contributed by atoms with E-state index in [9.17, 15) is 4.79 Å². The lowest BCUT2D eigenvalue weighted by Crippen LogP contribution is -2.16. The largest absolute Gasteiger partial charge is 0.320 e. The molecule has 0 fully saturated rings. The van der Waals surface area contributed by atoms with Crippen LogP contribution in [0.4, 0.5) is 5.69 Å². The van der Waals surface area contributed by atoms with Crippen molar-refractivity contribution >= 4 is 33.8 Å². The number of anilines is 1. The molecule has 1 N–H and O–H groups in total. The standard InChI is InChI=1S/C19H18N2OS/c1-12-7-8-14-15(11-23-17(14)10-12)19(22)21-16-6-2-4-13-5-3-9-20-18(13)16/h2-6,9,11-12H,7-8,10H2,1H3,(H,21,22). The monoisotopic (exact) mass is 322 g/mol. The molecule has 116 valence electrons. The maximum Gasteiger partial charge on any atom is 0.256 e. The predicted molar refractivity (Wildman–Crippen MR) is 95.2 cm³/mol. The number of amides is 1. The maximum absolute atomic E-state index is 12.7. The number of hydrogen-bond acceptors (Lipinski definition) is 3. The Morgan fingerprint density at radius 2 is 2.17 bits per heavy atom. The molecule has 2 heterocycles. The lowest BCUT2D eigenvalue weighted by atomic mass is 9.88. The lowest BCUT2D eigenvalue weighted by Gasteiger charge is -2.18. The molecule has 0 aliphatic heterocycles. The van der Waals surface area contributed by atoms with E-state index in [2.05, 4.69) is 17.2 Å². The third-order valence-corrected chi connectivity index (χ3v) is 5.58. The zero-order valence-corrected chi connectivity index (χ0v) is 13.8. The van der Waals surface area contributed by atoms with Crippen LogP contribution in [0.5, 0.6) is 0 Å². The minimum absolute atomic E-state index is 0.0183. The van der Waals surface area contributed by atoms with Crippen molar-refractivity contribution in [2.45, 2.75) is 26.2 Å². The van der Waals surface area contributed by atoms with Gasteiger partial charge in [0.25, 0.3) is 5.91 Å². The van der Waals surface area contributed by atoms with Crippen molar-refractivity contribution in [3.8, 4) is 0 Å². The van der Waals surface area contributed by atoms with Crippen molar-refractivity contribution in [3.63, 3.8) is 0 Å². The molecule has 1 aliphatic carbocycles. The second kappa shape index (κ2) is 5.78. The number of hydrogen-bond donors (Lipinski definition) is 1. The van der Waals surface area contributed by atoms with Crippen molar-refractivity contribution < 1.29 is 4.79 Å². The first-order chi connectivity index (χ1) is 11.2. The number of benzene rings is 1. The molecule has 1 atom stereocenters. The van der Waals surface area contributed by atoms with Crippen LogP contribution in [0.1, 0.15) is 34.1 Å². The first-order valence-corrected chi connectivity index (χ1v) is 8.84. The van der Waals surface area contributed by atoms with Gasteiger partial charge in [0.05, 0.1) is 16.8 Å². The molecule has 2 aromatic heterocycles. The van der Waals surface area contributed by atoms with Gasteiger partial charge in [-0.05, 0) is 42.9 Å².